The van der Waals surface area contributed by atoms with Gasteiger partial charge in [0.15, 0.2) is 0 Å². The standard InChI is InChI=1S/C12H15NO/c1-8-12(2,3)11-9(13-8)6-5-7-10(11)14-4/h5-7H,1-4H3. The quantitative estimate of drug-likeness (QED) is 0.665. The van der Waals surface area contributed by atoms with Crippen LogP contribution in [0.5, 0.6) is 5.75 Å². The van der Waals surface area contributed by atoms with Gasteiger partial charge in [-0.25, -0.2) is 0 Å². The molecule has 0 saturated carbocycles. The molecule has 1 aliphatic heterocycles. The molecule has 0 N–H and O–H groups in total. The average Bonchev–Trinajstić information content (AvgIpc) is 2.38. The topological polar surface area (TPSA) is 21.6 Å². The molecular weight excluding hydrogens is 174 g/mol. The first kappa shape index (κ1) is 9.25. The highest BCUT2D eigenvalue weighted by Gasteiger charge is 2.34. The molecule has 0 aromatic heterocycles. The molecule has 0 amide bonds. The Hall–Kier alpha value is -1.31. The fraction of sp³-hybridized carbons (Fsp3) is 0.417. The zero-order chi connectivity index (χ0) is 10.3. The van der Waals surface area contributed by atoms with Crippen LogP contribution in [0.1, 0.15) is 26.3 Å². The van der Waals surface area contributed by atoms with Gasteiger partial charge in [0, 0.05) is 16.7 Å². The number of hydrogen-bond donors (Lipinski definition) is 0. The third-order valence-electron chi connectivity index (χ3n) is 3.04. The van der Waals surface area contributed by atoms with E-state index in [1.54, 1.807) is 7.11 Å². The van der Waals surface area contributed by atoms with Gasteiger partial charge in [0.2, 0.25) is 0 Å². The van der Waals surface area contributed by atoms with Gasteiger partial charge in [-0.15, -0.1) is 0 Å². The molecule has 2 nitrogen and oxygen atoms in total. The number of benzene rings is 1. The van der Waals surface area contributed by atoms with Gasteiger partial charge in [0.1, 0.15) is 5.75 Å². The maximum absolute atomic E-state index is 5.37. The van der Waals surface area contributed by atoms with E-state index in [1.807, 2.05) is 18.2 Å². The fourth-order valence-electron chi connectivity index (χ4n) is 1.91. The van der Waals surface area contributed by atoms with E-state index in [0.29, 0.717) is 0 Å². The summed E-state index contributed by atoms with van der Waals surface area (Å²) in [4.78, 5) is 4.55. The van der Waals surface area contributed by atoms with Gasteiger partial charge < -0.3 is 4.74 Å². The monoisotopic (exact) mass is 189 g/mol. The highest BCUT2D eigenvalue weighted by molar-refractivity contribution is 6.00. The normalized spacial score (nSPS) is 17.6. The summed E-state index contributed by atoms with van der Waals surface area (Å²) < 4.78 is 5.37. The van der Waals surface area contributed by atoms with Crippen molar-refractivity contribution in [1.29, 1.82) is 0 Å². The van der Waals surface area contributed by atoms with Crippen LogP contribution in [0.3, 0.4) is 0 Å². The lowest BCUT2D eigenvalue weighted by Crippen LogP contribution is -2.23. The van der Waals surface area contributed by atoms with Crippen molar-refractivity contribution in [2.45, 2.75) is 26.2 Å². The van der Waals surface area contributed by atoms with Crippen molar-refractivity contribution in [3.05, 3.63) is 23.8 Å². The molecule has 1 aliphatic rings. The van der Waals surface area contributed by atoms with Crippen LogP contribution < -0.4 is 4.74 Å². The molecule has 0 saturated heterocycles. The highest BCUT2D eigenvalue weighted by Crippen LogP contribution is 2.44. The fourth-order valence-corrected chi connectivity index (χ4v) is 1.91. The third-order valence-corrected chi connectivity index (χ3v) is 3.04. The first-order valence-corrected chi connectivity index (χ1v) is 4.80. The van der Waals surface area contributed by atoms with Crippen LogP contribution in [0, 0.1) is 0 Å². The van der Waals surface area contributed by atoms with Crippen molar-refractivity contribution >= 4 is 11.4 Å². The molecule has 1 aromatic rings. The van der Waals surface area contributed by atoms with E-state index in [1.165, 1.54) is 5.56 Å². The van der Waals surface area contributed by atoms with Gasteiger partial charge in [-0.2, -0.15) is 0 Å². The molecule has 0 fully saturated rings. The number of hydrogen-bond acceptors (Lipinski definition) is 2. The smallest absolute Gasteiger partial charge is 0.125 e. The molecular formula is C12H15NO. The van der Waals surface area contributed by atoms with Crippen LogP contribution in [0.4, 0.5) is 5.69 Å². The Morgan fingerprint density at radius 1 is 1.29 bits per heavy atom. The summed E-state index contributed by atoms with van der Waals surface area (Å²) >= 11 is 0. The first-order valence-electron chi connectivity index (χ1n) is 4.80. The minimum absolute atomic E-state index is 0.00192. The van der Waals surface area contributed by atoms with E-state index < -0.39 is 0 Å². The minimum Gasteiger partial charge on any atom is -0.496 e. The number of nitrogens with zero attached hydrogens (tertiary/aromatic N) is 1. The summed E-state index contributed by atoms with van der Waals surface area (Å²) in [5.74, 6) is 0.938. The Balaban J connectivity index is 2.67. The maximum atomic E-state index is 5.37. The van der Waals surface area contributed by atoms with Gasteiger partial charge in [-0.1, -0.05) is 19.9 Å². The molecule has 0 bridgehead atoms. The summed E-state index contributed by atoms with van der Waals surface area (Å²) in [6, 6.07) is 6.01. The van der Waals surface area contributed by atoms with E-state index in [0.717, 1.165) is 17.1 Å². The summed E-state index contributed by atoms with van der Waals surface area (Å²) in [6.45, 7) is 6.43. The molecule has 14 heavy (non-hydrogen) atoms. The van der Waals surface area contributed by atoms with Gasteiger partial charge in [0.25, 0.3) is 0 Å². The van der Waals surface area contributed by atoms with Crippen molar-refractivity contribution in [2.24, 2.45) is 4.99 Å². The van der Waals surface area contributed by atoms with Gasteiger partial charge in [-0.3, -0.25) is 4.99 Å². The molecule has 0 spiro atoms. The lowest BCUT2D eigenvalue weighted by molar-refractivity contribution is 0.405. The SMILES string of the molecule is COc1cccc2c1C(C)(C)C(C)=N2. The van der Waals surface area contributed by atoms with Crippen LogP contribution >= 0.6 is 0 Å². The first-order chi connectivity index (χ1) is 6.57. The zero-order valence-electron chi connectivity index (χ0n) is 9.09. The lowest BCUT2D eigenvalue weighted by Gasteiger charge is -2.22. The van der Waals surface area contributed by atoms with Gasteiger partial charge in [0.05, 0.1) is 12.8 Å². The molecule has 2 heteroatoms. The van der Waals surface area contributed by atoms with E-state index >= 15 is 0 Å². The Morgan fingerprint density at radius 3 is 2.64 bits per heavy atom. The lowest BCUT2D eigenvalue weighted by atomic mass is 9.82. The zero-order valence-corrected chi connectivity index (χ0v) is 9.09. The molecule has 0 atom stereocenters. The van der Waals surface area contributed by atoms with E-state index in [4.69, 9.17) is 4.74 Å². The molecule has 74 valence electrons. The second-order valence-corrected chi connectivity index (χ2v) is 4.18. The number of ether oxygens (including phenoxy) is 1. The Labute approximate surface area is 84.6 Å². The van der Waals surface area contributed by atoms with Crippen LogP contribution in [0.15, 0.2) is 23.2 Å². The Morgan fingerprint density at radius 2 is 2.00 bits per heavy atom. The number of methoxy groups -OCH3 is 1. The van der Waals surface area contributed by atoms with Crippen LogP contribution in [-0.4, -0.2) is 12.8 Å². The number of aliphatic imine (C=N–C) groups is 1. The van der Waals surface area contributed by atoms with Crippen molar-refractivity contribution in [1.82, 2.24) is 0 Å². The van der Waals surface area contributed by atoms with Crippen molar-refractivity contribution in [2.75, 3.05) is 7.11 Å². The second-order valence-electron chi connectivity index (χ2n) is 4.18. The van der Waals surface area contributed by atoms with Crippen LogP contribution in [-0.2, 0) is 5.41 Å². The predicted octanol–water partition coefficient (Wildman–Crippen LogP) is 3.08. The van der Waals surface area contributed by atoms with Crippen molar-refractivity contribution < 1.29 is 4.74 Å². The van der Waals surface area contributed by atoms with E-state index in [9.17, 15) is 0 Å². The Kier molecular flexibility index (Phi) is 1.88. The Bertz CT molecular complexity index is 405. The molecule has 2 rings (SSSR count). The summed E-state index contributed by atoms with van der Waals surface area (Å²) in [7, 11) is 1.71. The molecule has 1 heterocycles. The molecule has 0 radical (unpaired) electrons. The van der Waals surface area contributed by atoms with Crippen LogP contribution in [0.25, 0.3) is 0 Å². The summed E-state index contributed by atoms with van der Waals surface area (Å²) in [5, 5.41) is 0. The third kappa shape index (κ3) is 1.07. The predicted molar refractivity (Wildman–Crippen MR) is 58.8 cm³/mol. The minimum atomic E-state index is 0.00192. The number of fused-ring (bicyclic) bond motifs is 1. The van der Waals surface area contributed by atoms with Gasteiger partial charge in [-0.05, 0) is 19.1 Å². The van der Waals surface area contributed by atoms with E-state index in [2.05, 4.69) is 25.8 Å². The van der Waals surface area contributed by atoms with E-state index in [-0.39, 0.29) is 5.41 Å². The van der Waals surface area contributed by atoms with Crippen LogP contribution in [0.2, 0.25) is 0 Å². The molecule has 1 aromatic carbocycles. The second kappa shape index (κ2) is 2.84. The number of rotatable bonds is 1. The molecule has 0 aliphatic carbocycles. The highest BCUT2D eigenvalue weighted by atomic mass is 16.5. The molecule has 0 unspecified atom stereocenters. The van der Waals surface area contributed by atoms with Crippen molar-refractivity contribution in [3.8, 4) is 5.75 Å². The maximum Gasteiger partial charge on any atom is 0.125 e. The summed E-state index contributed by atoms with van der Waals surface area (Å²) in [5.41, 5.74) is 3.41. The van der Waals surface area contributed by atoms with Crippen molar-refractivity contribution in [3.63, 3.8) is 0 Å². The summed E-state index contributed by atoms with van der Waals surface area (Å²) in [6.07, 6.45) is 0. The van der Waals surface area contributed by atoms with Gasteiger partial charge >= 0.3 is 0 Å². The average molecular weight is 189 g/mol. The largest absolute Gasteiger partial charge is 0.496 e.